The van der Waals surface area contributed by atoms with E-state index in [9.17, 15) is 4.79 Å². The predicted octanol–water partition coefficient (Wildman–Crippen LogP) is 4.31. The summed E-state index contributed by atoms with van der Waals surface area (Å²) in [6, 6.07) is 1.08. The Morgan fingerprint density at radius 1 is 1.16 bits per heavy atom. The molecule has 0 aromatic carbocycles. The Morgan fingerprint density at radius 3 is 2.37 bits per heavy atom. The van der Waals surface area contributed by atoms with E-state index in [1.54, 1.807) is 0 Å². The van der Waals surface area contributed by atoms with Crippen molar-refractivity contribution < 1.29 is 4.79 Å². The fraction of sp³-hybridized carbons (Fsp3) is 0.933. The topological polar surface area (TPSA) is 43.1 Å². The zero-order valence-corrected chi connectivity index (χ0v) is 15.2. The van der Waals surface area contributed by atoms with Crippen LogP contribution in [0.1, 0.15) is 45.4 Å². The largest absolute Gasteiger partial charge is 0.321 e. The van der Waals surface area contributed by atoms with Crippen LogP contribution in [0.3, 0.4) is 0 Å². The molecule has 1 atom stereocenters. The number of carbonyl (C=O) groups excluding carboxylic acids is 1. The van der Waals surface area contributed by atoms with E-state index in [0.29, 0.717) is 6.42 Å². The van der Waals surface area contributed by atoms with Crippen molar-refractivity contribution in [3.05, 3.63) is 0 Å². The van der Waals surface area contributed by atoms with Gasteiger partial charge in [0, 0.05) is 20.2 Å². The van der Waals surface area contributed by atoms with E-state index in [1.807, 2.05) is 11.8 Å². The summed E-state index contributed by atoms with van der Waals surface area (Å²) in [4.78, 5) is 11.8. The summed E-state index contributed by atoms with van der Waals surface area (Å²) in [5, 5.41) is 0. The number of carbonyl (C=O) groups is 1. The van der Waals surface area contributed by atoms with Gasteiger partial charge in [0.15, 0.2) is 0 Å². The number of Topliss-reactive ketones (excluding diaryl/α,β-unsaturated/α-hetero) is 1. The Morgan fingerprint density at radius 2 is 1.79 bits per heavy atom. The van der Waals surface area contributed by atoms with Gasteiger partial charge in [-0.2, -0.15) is 11.8 Å². The smallest absolute Gasteiger partial charge is 0.150 e. The second kappa shape index (κ2) is 10.9. The summed E-state index contributed by atoms with van der Waals surface area (Å²) in [6.07, 6.45) is 6.67. The molecule has 0 aliphatic carbocycles. The van der Waals surface area contributed by atoms with Gasteiger partial charge in [0.25, 0.3) is 0 Å². The molecule has 19 heavy (non-hydrogen) atoms. The molecule has 0 amide bonds. The predicted molar refractivity (Wildman–Crippen MR) is 91.8 cm³/mol. The maximum absolute atomic E-state index is 11.8. The van der Waals surface area contributed by atoms with Gasteiger partial charge in [-0.25, -0.2) is 0 Å². The highest BCUT2D eigenvalue weighted by molar-refractivity contribution is 7.99. The summed E-state index contributed by atoms with van der Waals surface area (Å²) in [5.74, 6) is 2.22. The molecule has 0 radical (unpaired) electrons. The third-order valence-corrected chi connectivity index (χ3v) is 6.43. The zero-order chi connectivity index (χ0) is 14.7. The van der Waals surface area contributed by atoms with Gasteiger partial charge in [-0.15, -0.1) is 0 Å². The van der Waals surface area contributed by atoms with Crippen LogP contribution < -0.4 is 5.73 Å². The van der Waals surface area contributed by atoms with Crippen molar-refractivity contribution in [2.75, 3.05) is 11.5 Å². The third kappa shape index (κ3) is 13.0. The second-order valence-corrected chi connectivity index (χ2v) is 13.4. The van der Waals surface area contributed by atoms with Crippen molar-refractivity contribution in [2.24, 2.45) is 5.73 Å². The summed E-state index contributed by atoms with van der Waals surface area (Å²) in [5.41, 5.74) is 5.95. The molecule has 0 fully saturated rings. The van der Waals surface area contributed by atoms with E-state index >= 15 is 0 Å². The monoisotopic (exact) mass is 303 g/mol. The van der Waals surface area contributed by atoms with Crippen molar-refractivity contribution in [3.8, 4) is 0 Å². The summed E-state index contributed by atoms with van der Waals surface area (Å²) < 4.78 is 0. The SMILES string of the molecule is CCCCCCCC(=O)C(N)CSCC[Si](C)(C)C. The van der Waals surface area contributed by atoms with Gasteiger partial charge < -0.3 is 5.73 Å². The Labute approximate surface area is 125 Å². The number of hydrogen-bond acceptors (Lipinski definition) is 3. The van der Waals surface area contributed by atoms with Crippen LogP contribution in [-0.2, 0) is 4.79 Å². The van der Waals surface area contributed by atoms with E-state index in [0.717, 1.165) is 17.9 Å². The first-order valence-electron chi connectivity index (χ1n) is 7.73. The number of ketones is 1. The minimum Gasteiger partial charge on any atom is -0.321 e. The lowest BCUT2D eigenvalue weighted by Gasteiger charge is -2.16. The standard InChI is InChI=1S/C15H33NOSSi/c1-5-6-7-8-9-10-15(17)14(16)13-18-11-12-19(2,3)4/h14H,5-13,16H2,1-4H3. The summed E-state index contributed by atoms with van der Waals surface area (Å²) in [7, 11) is -0.937. The van der Waals surface area contributed by atoms with Crippen LogP contribution in [0.2, 0.25) is 25.7 Å². The van der Waals surface area contributed by atoms with Crippen LogP contribution >= 0.6 is 11.8 Å². The second-order valence-electron chi connectivity index (χ2n) is 6.62. The lowest BCUT2D eigenvalue weighted by molar-refractivity contribution is -0.119. The average molecular weight is 304 g/mol. The van der Waals surface area contributed by atoms with Crippen LogP contribution in [-0.4, -0.2) is 31.4 Å². The molecule has 2 nitrogen and oxygen atoms in total. The first-order chi connectivity index (χ1) is 8.87. The van der Waals surface area contributed by atoms with Gasteiger partial charge in [-0.05, 0) is 18.2 Å². The van der Waals surface area contributed by atoms with E-state index in [-0.39, 0.29) is 11.8 Å². The van der Waals surface area contributed by atoms with E-state index < -0.39 is 8.07 Å². The number of rotatable bonds is 12. The van der Waals surface area contributed by atoms with E-state index in [1.165, 1.54) is 31.7 Å². The lowest BCUT2D eigenvalue weighted by atomic mass is 10.1. The minimum atomic E-state index is -0.937. The molecule has 0 aliphatic rings. The van der Waals surface area contributed by atoms with Gasteiger partial charge in [0.1, 0.15) is 5.78 Å². The summed E-state index contributed by atoms with van der Waals surface area (Å²) in [6.45, 7) is 9.36. The Hall–Kier alpha value is 0.197. The first-order valence-corrected chi connectivity index (χ1v) is 12.6. The molecule has 0 aromatic heterocycles. The van der Waals surface area contributed by atoms with Gasteiger partial charge in [-0.1, -0.05) is 52.2 Å². The molecule has 0 saturated carbocycles. The fourth-order valence-corrected chi connectivity index (χ4v) is 5.40. The fourth-order valence-electron chi connectivity index (χ4n) is 1.77. The molecule has 0 heterocycles. The molecule has 1 unspecified atom stereocenters. The molecule has 0 bridgehead atoms. The molecule has 0 aliphatic heterocycles. The first kappa shape index (κ1) is 19.2. The number of unbranched alkanes of at least 4 members (excludes halogenated alkanes) is 4. The molecule has 2 N–H and O–H groups in total. The molecule has 0 saturated heterocycles. The molecule has 0 spiro atoms. The Balaban J connectivity index is 3.54. The number of hydrogen-bond donors (Lipinski definition) is 1. The average Bonchev–Trinajstić information content (AvgIpc) is 2.32. The van der Waals surface area contributed by atoms with Gasteiger partial charge in [0.2, 0.25) is 0 Å². The van der Waals surface area contributed by atoms with E-state index in [4.69, 9.17) is 5.73 Å². The lowest BCUT2D eigenvalue weighted by Crippen LogP contribution is -2.33. The van der Waals surface area contributed by atoms with Gasteiger partial charge in [-0.3, -0.25) is 4.79 Å². The number of thioether (sulfide) groups is 1. The normalized spacial score (nSPS) is 13.5. The van der Waals surface area contributed by atoms with Crippen molar-refractivity contribution in [3.63, 3.8) is 0 Å². The van der Waals surface area contributed by atoms with Crippen LogP contribution in [0.15, 0.2) is 0 Å². The Kier molecular flexibility index (Phi) is 11.0. The molecule has 0 aromatic rings. The summed E-state index contributed by atoms with van der Waals surface area (Å²) >= 11 is 1.85. The maximum atomic E-state index is 11.8. The third-order valence-electron chi connectivity index (χ3n) is 3.23. The minimum absolute atomic E-state index is 0.238. The molecule has 0 rings (SSSR count). The van der Waals surface area contributed by atoms with E-state index in [2.05, 4.69) is 26.6 Å². The molecule has 114 valence electrons. The van der Waals surface area contributed by atoms with Gasteiger partial charge >= 0.3 is 0 Å². The highest BCUT2D eigenvalue weighted by Gasteiger charge is 2.15. The zero-order valence-electron chi connectivity index (χ0n) is 13.3. The molecular weight excluding hydrogens is 270 g/mol. The number of nitrogens with two attached hydrogens (primary N) is 1. The Bertz CT molecular complexity index is 241. The van der Waals surface area contributed by atoms with Crippen molar-refractivity contribution >= 4 is 25.6 Å². The van der Waals surface area contributed by atoms with Crippen molar-refractivity contribution in [1.29, 1.82) is 0 Å². The quantitative estimate of drug-likeness (QED) is 0.431. The van der Waals surface area contributed by atoms with Crippen molar-refractivity contribution in [2.45, 2.75) is 77.2 Å². The maximum Gasteiger partial charge on any atom is 0.150 e. The highest BCUT2D eigenvalue weighted by Crippen LogP contribution is 2.15. The molecule has 4 heteroatoms. The van der Waals surface area contributed by atoms with Crippen LogP contribution in [0.4, 0.5) is 0 Å². The van der Waals surface area contributed by atoms with Crippen molar-refractivity contribution in [1.82, 2.24) is 0 Å². The van der Waals surface area contributed by atoms with Gasteiger partial charge in [0.05, 0.1) is 6.04 Å². The van der Waals surface area contributed by atoms with Crippen LogP contribution in [0.5, 0.6) is 0 Å². The highest BCUT2D eigenvalue weighted by atomic mass is 32.2. The molecular formula is C15H33NOSSi. The van der Waals surface area contributed by atoms with Crippen LogP contribution in [0.25, 0.3) is 0 Å². The van der Waals surface area contributed by atoms with Crippen LogP contribution in [0, 0.1) is 0 Å².